The van der Waals surface area contributed by atoms with E-state index in [4.69, 9.17) is 23.4 Å². The fourth-order valence-corrected chi connectivity index (χ4v) is 7.51. The molecule has 0 aliphatic carbocycles. The van der Waals surface area contributed by atoms with Crippen LogP contribution in [0.4, 0.5) is 5.69 Å². The zero-order valence-electron chi connectivity index (χ0n) is 21.8. The number of nitrogens with zero attached hydrogens (tertiary/aromatic N) is 1. The maximum absolute atomic E-state index is 11.4. The minimum atomic E-state index is -2.02. The van der Waals surface area contributed by atoms with Gasteiger partial charge in [-0.2, -0.15) is 0 Å². The average Bonchev–Trinajstić information content (AvgIpc) is 3.17. The van der Waals surface area contributed by atoms with Crippen molar-refractivity contribution in [3.05, 3.63) is 34.4 Å². The minimum absolute atomic E-state index is 0.0684. The van der Waals surface area contributed by atoms with E-state index in [-0.39, 0.29) is 36.7 Å². The summed E-state index contributed by atoms with van der Waals surface area (Å²) in [5.41, 5.74) is -0.594. The zero-order chi connectivity index (χ0) is 25.6. The Labute approximate surface area is 210 Å². The van der Waals surface area contributed by atoms with Crippen LogP contribution in [0.5, 0.6) is 0 Å². The number of para-hydroxylation sites is 1. The van der Waals surface area contributed by atoms with Gasteiger partial charge < -0.3 is 0 Å². The predicted octanol–water partition coefficient (Wildman–Crippen LogP) is 4.41. The molecule has 4 atom stereocenters. The van der Waals surface area contributed by atoms with Crippen molar-refractivity contribution in [1.29, 1.82) is 0 Å². The van der Waals surface area contributed by atoms with Crippen LogP contribution in [0, 0.1) is 10.1 Å². The molecule has 2 aliphatic heterocycles. The monoisotopic (exact) mass is 561 g/mol. The van der Waals surface area contributed by atoms with E-state index in [0.29, 0.717) is 18.3 Å². The number of nitro benzene ring substituents is 1. The third-order valence-corrected chi connectivity index (χ3v) is 13.9. The normalized spacial score (nSPS) is 31.0. The summed E-state index contributed by atoms with van der Waals surface area (Å²) in [4.78, 5) is 11.1. The molecule has 8 nitrogen and oxygen atoms in total. The standard InChI is InChI=1S/C24H39NO7SeSi/c1-21(2,3)34(8,9)29-16-23(6)19-20(31-22(4,5)30-19)24(28-7,32-23)14-15-33-18-13-11-10-12-17(18)25(26)27/h10-13,19-20H,14-16H2,1-9H3/t19-,20+,23+,24-/m0/s1. The first-order valence-electron chi connectivity index (χ1n) is 11.7. The predicted molar refractivity (Wildman–Crippen MR) is 134 cm³/mol. The summed E-state index contributed by atoms with van der Waals surface area (Å²) in [5.74, 6) is -1.79. The molecular formula is C24H39NO7SeSi. The van der Waals surface area contributed by atoms with Gasteiger partial charge in [0.25, 0.3) is 0 Å². The van der Waals surface area contributed by atoms with Crippen molar-refractivity contribution in [2.24, 2.45) is 0 Å². The summed E-state index contributed by atoms with van der Waals surface area (Å²) in [6, 6.07) is 6.91. The first-order valence-corrected chi connectivity index (χ1v) is 16.6. The molecule has 2 aliphatic rings. The van der Waals surface area contributed by atoms with E-state index in [1.165, 1.54) is 0 Å². The zero-order valence-corrected chi connectivity index (χ0v) is 24.5. The number of hydrogen-bond donors (Lipinski definition) is 0. The van der Waals surface area contributed by atoms with Gasteiger partial charge in [0, 0.05) is 0 Å². The summed E-state index contributed by atoms with van der Waals surface area (Å²) >= 11 is -0.125. The van der Waals surface area contributed by atoms with Crippen molar-refractivity contribution in [3.63, 3.8) is 0 Å². The molecule has 1 aromatic carbocycles. The molecule has 0 N–H and O–H groups in total. The number of ether oxygens (including phenoxy) is 4. The molecule has 1 aromatic rings. The van der Waals surface area contributed by atoms with Gasteiger partial charge in [-0.1, -0.05) is 0 Å². The van der Waals surface area contributed by atoms with Crippen LogP contribution in [0.1, 0.15) is 48.0 Å². The second-order valence-electron chi connectivity index (χ2n) is 11.3. The van der Waals surface area contributed by atoms with Crippen molar-refractivity contribution < 1.29 is 28.3 Å². The van der Waals surface area contributed by atoms with Crippen LogP contribution in [0.25, 0.3) is 0 Å². The van der Waals surface area contributed by atoms with Crippen LogP contribution >= 0.6 is 0 Å². The summed E-state index contributed by atoms with van der Waals surface area (Å²) < 4.78 is 32.7. The number of hydrogen-bond acceptors (Lipinski definition) is 7. The van der Waals surface area contributed by atoms with Crippen LogP contribution in [0.15, 0.2) is 24.3 Å². The van der Waals surface area contributed by atoms with Crippen LogP contribution in [-0.2, 0) is 23.4 Å². The van der Waals surface area contributed by atoms with E-state index < -0.39 is 31.6 Å². The molecule has 2 heterocycles. The van der Waals surface area contributed by atoms with Gasteiger partial charge in [-0.25, -0.2) is 0 Å². The Morgan fingerprint density at radius 3 is 2.35 bits per heavy atom. The molecule has 10 heteroatoms. The van der Waals surface area contributed by atoms with Gasteiger partial charge in [-0.15, -0.1) is 0 Å². The fourth-order valence-electron chi connectivity index (χ4n) is 4.18. The Morgan fingerprint density at radius 2 is 1.76 bits per heavy atom. The molecule has 3 rings (SSSR count). The van der Waals surface area contributed by atoms with Gasteiger partial charge in [0.2, 0.25) is 0 Å². The fraction of sp³-hybridized carbons (Fsp3) is 0.750. The van der Waals surface area contributed by atoms with Crippen LogP contribution in [0.3, 0.4) is 0 Å². The van der Waals surface area contributed by atoms with Gasteiger partial charge in [0.05, 0.1) is 0 Å². The molecule has 0 amide bonds. The van der Waals surface area contributed by atoms with Crippen molar-refractivity contribution in [1.82, 2.24) is 0 Å². The van der Waals surface area contributed by atoms with Gasteiger partial charge >= 0.3 is 211 Å². The SMILES string of the molecule is CO[C@@]1(CC[Se]c2ccccc2[N+](=O)[O-])O[C@](C)(CO[Si](C)(C)C(C)(C)C)[C@H]2OC(C)(C)O[C@H]21. The van der Waals surface area contributed by atoms with Gasteiger partial charge in [-0.05, 0) is 0 Å². The Bertz CT molecular complexity index is 906. The molecule has 34 heavy (non-hydrogen) atoms. The van der Waals surface area contributed by atoms with E-state index in [1.807, 2.05) is 32.9 Å². The van der Waals surface area contributed by atoms with Gasteiger partial charge in [0.1, 0.15) is 0 Å². The van der Waals surface area contributed by atoms with Crippen molar-refractivity contribution in [2.45, 2.75) is 101 Å². The van der Waals surface area contributed by atoms with Gasteiger partial charge in [0.15, 0.2) is 0 Å². The second-order valence-corrected chi connectivity index (χ2v) is 18.5. The van der Waals surface area contributed by atoms with E-state index in [1.54, 1.807) is 19.2 Å². The topological polar surface area (TPSA) is 89.3 Å². The Balaban J connectivity index is 1.81. The Kier molecular flexibility index (Phi) is 7.80. The third kappa shape index (κ3) is 5.44. The van der Waals surface area contributed by atoms with Crippen LogP contribution in [-0.4, -0.2) is 71.3 Å². The average molecular weight is 561 g/mol. The van der Waals surface area contributed by atoms with Crippen LogP contribution < -0.4 is 4.46 Å². The Hall–Kier alpha value is -0.844. The van der Waals surface area contributed by atoms with Crippen molar-refractivity contribution in [3.8, 4) is 0 Å². The van der Waals surface area contributed by atoms with E-state index >= 15 is 0 Å². The number of rotatable bonds is 9. The number of nitro groups is 1. The second kappa shape index (κ2) is 9.56. The number of fused-ring (bicyclic) bond motifs is 1. The number of benzene rings is 1. The third-order valence-electron chi connectivity index (χ3n) is 7.18. The molecule has 0 spiro atoms. The van der Waals surface area contributed by atoms with E-state index in [2.05, 4.69) is 33.9 Å². The molecular weight excluding hydrogens is 521 g/mol. The molecule has 0 bridgehead atoms. The summed E-state index contributed by atoms with van der Waals surface area (Å²) in [6.45, 7) is 17.3. The van der Waals surface area contributed by atoms with Crippen LogP contribution in [0.2, 0.25) is 23.5 Å². The molecule has 0 unspecified atom stereocenters. The molecule has 0 saturated carbocycles. The molecule has 192 valence electrons. The van der Waals surface area contributed by atoms with Crippen molar-refractivity contribution >= 4 is 33.4 Å². The molecule has 0 radical (unpaired) electrons. The van der Waals surface area contributed by atoms with E-state index in [9.17, 15) is 10.1 Å². The first-order chi connectivity index (χ1) is 15.6. The Morgan fingerprint density at radius 1 is 1.15 bits per heavy atom. The van der Waals surface area contributed by atoms with E-state index in [0.717, 1.165) is 4.46 Å². The molecule has 2 saturated heterocycles. The van der Waals surface area contributed by atoms with Crippen molar-refractivity contribution in [2.75, 3.05) is 13.7 Å². The first kappa shape index (κ1) is 27.7. The summed E-state index contributed by atoms with van der Waals surface area (Å²) in [5, 5.41) is 12.2. The number of methoxy groups -OCH3 is 1. The quantitative estimate of drug-likeness (QED) is 0.251. The maximum atomic E-state index is 11.4. The molecule has 2 fully saturated rings. The molecule has 0 aromatic heterocycles. The van der Waals surface area contributed by atoms with Gasteiger partial charge in [-0.3, -0.25) is 0 Å². The summed E-state index contributed by atoms with van der Waals surface area (Å²) in [6.07, 6.45) is -0.251. The summed E-state index contributed by atoms with van der Waals surface area (Å²) in [7, 11) is -0.391.